The first-order chi connectivity index (χ1) is 8.00. The Labute approximate surface area is 118 Å². The van der Waals surface area contributed by atoms with E-state index in [4.69, 9.17) is 41.2 Å². The average molecular weight is 303 g/mol. The smallest absolute Gasteiger partial charge is 0.127 e. The van der Waals surface area contributed by atoms with Crippen molar-refractivity contribution in [3.63, 3.8) is 0 Å². The molecule has 0 fully saturated rings. The number of halogens is 2. The predicted octanol–water partition coefficient (Wildman–Crippen LogP) is 4.06. The topological polar surface area (TPSA) is 38.9 Å². The van der Waals surface area contributed by atoms with E-state index in [1.807, 2.05) is 6.92 Å². The lowest BCUT2D eigenvalue weighted by Crippen LogP contribution is -2.08. The molecule has 0 radical (unpaired) electrons. The zero-order chi connectivity index (χ0) is 12.6. The second-order valence-corrected chi connectivity index (χ2v) is 5.65. The number of thiocarbonyl (C=S) groups is 1. The molecule has 0 saturated carbocycles. The van der Waals surface area contributed by atoms with Crippen LogP contribution in [0.4, 0.5) is 0 Å². The lowest BCUT2D eigenvalue weighted by atomic mass is 10.2. The summed E-state index contributed by atoms with van der Waals surface area (Å²) in [4.78, 5) is 5.55. The zero-order valence-corrected chi connectivity index (χ0v) is 12.0. The second kappa shape index (κ2) is 4.90. The lowest BCUT2D eigenvalue weighted by molar-refractivity contribution is 1.26. The summed E-state index contributed by atoms with van der Waals surface area (Å²) in [6.45, 7) is 1.86. The molecule has 1 heterocycles. The zero-order valence-electron chi connectivity index (χ0n) is 8.83. The SMILES string of the molecule is Cc1nc(-c2c(Cl)cccc2Cl)sc1C(N)=S. The highest BCUT2D eigenvalue weighted by Gasteiger charge is 2.15. The van der Waals surface area contributed by atoms with Crippen LogP contribution in [0.25, 0.3) is 10.6 Å². The van der Waals surface area contributed by atoms with Gasteiger partial charge in [-0.25, -0.2) is 4.98 Å². The molecule has 0 unspecified atom stereocenters. The third-order valence-corrected chi connectivity index (χ3v) is 4.37. The van der Waals surface area contributed by atoms with Gasteiger partial charge in [-0.2, -0.15) is 0 Å². The molecule has 6 heteroatoms. The summed E-state index contributed by atoms with van der Waals surface area (Å²) in [5.74, 6) is 0. The number of aryl methyl sites for hydroxylation is 1. The van der Waals surface area contributed by atoms with Gasteiger partial charge in [0.05, 0.1) is 20.6 Å². The van der Waals surface area contributed by atoms with Crippen LogP contribution < -0.4 is 5.73 Å². The number of thiazole rings is 1. The molecular weight excluding hydrogens is 295 g/mol. The number of nitrogens with zero attached hydrogens (tertiary/aromatic N) is 1. The standard InChI is InChI=1S/C11H8Cl2N2S2/c1-5-9(10(14)16)17-11(15-5)8-6(12)3-2-4-7(8)13/h2-4H,1H3,(H2,14,16). The summed E-state index contributed by atoms with van der Waals surface area (Å²) < 4.78 is 0. The first-order valence-electron chi connectivity index (χ1n) is 4.72. The van der Waals surface area contributed by atoms with E-state index in [-0.39, 0.29) is 0 Å². The van der Waals surface area contributed by atoms with E-state index in [1.165, 1.54) is 11.3 Å². The summed E-state index contributed by atoms with van der Waals surface area (Å²) in [7, 11) is 0. The Bertz CT molecular complexity index is 573. The van der Waals surface area contributed by atoms with Gasteiger partial charge in [-0.15, -0.1) is 11.3 Å². The van der Waals surface area contributed by atoms with Crippen molar-refractivity contribution in [1.82, 2.24) is 4.98 Å². The Morgan fingerprint density at radius 1 is 1.35 bits per heavy atom. The molecule has 2 N–H and O–H groups in total. The molecule has 0 aliphatic heterocycles. The van der Waals surface area contributed by atoms with Crippen molar-refractivity contribution in [3.05, 3.63) is 38.8 Å². The van der Waals surface area contributed by atoms with Crippen molar-refractivity contribution in [2.24, 2.45) is 5.73 Å². The summed E-state index contributed by atoms with van der Waals surface area (Å²) in [6.07, 6.45) is 0. The number of rotatable bonds is 2. The van der Waals surface area contributed by atoms with Gasteiger partial charge in [-0.1, -0.05) is 41.5 Å². The molecule has 88 valence electrons. The van der Waals surface area contributed by atoms with Crippen molar-refractivity contribution < 1.29 is 0 Å². The summed E-state index contributed by atoms with van der Waals surface area (Å²) in [5, 5.41) is 1.88. The van der Waals surface area contributed by atoms with Crippen LogP contribution in [0.1, 0.15) is 10.6 Å². The van der Waals surface area contributed by atoms with Gasteiger partial charge in [0.1, 0.15) is 10.00 Å². The normalized spacial score (nSPS) is 10.5. The minimum absolute atomic E-state index is 0.342. The van der Waals surface area contributed by atoms with E-state index in [2.05, 4.69) is 4.98 Å². The maximum atomic E-state index is 6.12. The molecular formula is C11H8Cl2N2S2. The summed E-state index contributed by atoms with van der Waals surface area (Å²) in [6, 6.07) is 5.35. The molecule has 1 aromatic heterocycles. The van der Waals surface area contributed by atoms with Gasteiger partial charge in [0.15, 0.2) is 0 Å². The van der Waals surface area contributed by atoms with E-state index in [9.17, 15) is 0 Å². The van der Waals surface area contributed by atoms with Crippen LogP contribution in [0.15, 0.2) is 18.2 Å². The van der Waals surface area contributed by atoms with Gasteiger partial charge in [0, 0.05) is 5.56 Å². The third-order valence-electron chi connectivity index (χ3n) is 2.20. The van der Waals surface area contributed by atoms with Gasteiger partial charge < -0.3 is 5.73 Å². The number of benzene rings is 1. The third kappa shape index (κ3) is 2.45. The minimum Gasteiger partial charge on any atom is -0.389 e. The first-order valence-corrected chi connectivity index (χ1v) is 6.70. The van der Waals surface area contributed by atoms with Gasteiger partial charge in [-0.3, -0.25) is 0 Å². The van der Waals surface area contributed by atoms with Crippen LogP contribution >= 0.6 is 46.8 Å². The van der Waals surface area contributed by atoms with Crippen molar-refractivity contribution >= 4 is 51.7 Å². The maximum absolute atomic E-state index is 6.12. The largest absolute Gasteiger partial charge is 0.389 e. The fourth-order valence-electron chi connectivity index (χ4n) is 1.43. The molecule has 2 nitrogen and oxygen atoms in total. The van der Waals surface area contributed by atoms with Crippen molar-refractivity contribution in [2.75, 3.05) is 0 Å². The highest BCUT2D eigenvalue weighted by atomic mass is 35.5. The monoisotopic (exact) mass is 302 g/mol. The molecule has 0 aliphatic carbocycles. The van der Waals surface area contributed by atoms with E-state index in [1.54, 1.807) is 18.2 Å². The molecule has 2 rings (SSSR count). The Hall–Kier alpha value is -0.680. The Balaban J connectivity index is 2.62. The predicted molar refractivity (Wildman–Crippen MR) is 78.2 cm³/mol. The van der Waals surface area contributed by atoms with Crippen LogP contribution in [-0.4, -0.2) is 9.97 Å². The minimum atomic E-state index is 0.342. The van der Waals surface area contributed by atoms with Gasteiger partial charge >= 0.3 is 0 Å². The number of hydrogen-bond acceptors (Lipinski definition) is 3. The fraction of sp³-hybridized carbons (Fsp3) is 0.0909. The maximum Gasteiger partial charge on any atom is 0.127 e. The molecule has 0 bridgehead atoms. The molecule has 17 heavy (non-hydrogen) atoms. The molecule has 0 aliphatic rings. The second-order valence-electron chi connectivity index (χ2n) is 3.39. The molecule has 0 amide bonds. The quantitative estimate of drug-likeness (QED) is 0.850. The highest BCUT2D eigenvalue weighted by molar-refractivity contribution is 7.81. The van der Waals surface area contributed by atoms with E-state index in [0.717, 1.165) is 21.1 Å². The van der Waals surface area contributed by atoms with Crippen LogP contribution in [0, 0.1) is 6.92 Å². The Morgan fingerprint density at radius 2 is 1.94 bits per heavy atom. The van der Waals surface area contributed by atoms with Gasteiger partial charge in [-0.05, 0) is 19.1 Å². The van der Waals surface area contributed by atoms with E-state index in [0.29, 0.717) is 15.0 Å². The van der Waals surface area contributed by atoms with Crippen LogP contribution in [0.5, 0.6) is 0 Å². The summed E-state index contributed by atoms with van der Waals surface area (Å²) >= 11 is 18.6. The van der Waals surface area contributed by atoms with Gasteiger partial charge in [0.25, 0.3) is 0 Å². The Kier molecular flexibility index (Phi) is 3.68. The van der Waals surface area contributed by atoms with Crippen molar-refractivity contribution in [1.29, 1.82) is 0 Å². The number of aromatic nitrogens is 1. The summed E-state index contributed by atoms with van der Waals surface area (Å²) in [5.41, 5.74) is 7.15. The molecule has 1 aromatic carbocycles. The highest BCUT2D eigenvalue weighted by Crippen LogP contribution is 2.37. The first kappa shape index (κ1) is 12.8. The molecule has 0 spiro atoms. The molecule has 2 aromatic rings. The number of hydrogen-bond donors (Lipinski definition) is 1. The van der Waals surface area contributed by atoms with Crippen LogP contribution in [-0.2, 0) is 0 Å². The van der Waals surface area contributed by atoms with Crippen LogP contribution in [0.3, 0.4) is 0 Å². The Morgan fingerprint density at radius 3 is 2.41 bits per heavy atom. The van der Waals surface area contributed by atoms with Gasteiger partial charge in [0.2, 0.25) is 0 Å². The van der Waals surface area contributed by atoms with Crippen molar-refractivity contribution in [3.8, 4) is 10.6 Å². The fourth-order valence-corrected chi connectivity index (χ4v) is 3.39. The molecule has 0 atom stereocenters. The van der Waals surface area contributed by atoms with E-state index < -0.39 is 0 Å². The van der Waals surface area contributed by atoms with E-state index >= 15 is 0 Å². The van der Waals surface area contributed by atoms with Crippen LogP contribution in [0.2, 0.25) is 10.0 Å². The molecule has 0 saturated heterocycles. The lowest BCUT2D eigenvalue weighted by Gasteiger charge is -2.02. The number of nitrogens with two attached hydrogens (primary N) is 1. The van der Waals surface area contributed by atoms with Crippen molar-refractivity contribution in [2.45, 2.75) is 6.92 Å². The average Bonchev–Trinajstić information content (AvgIpc) is 2.60.